The highest BCUT2D eigenvalue weighted by Crippen LogP contribution is 2.37. The molecule has 0 bridgehead atoms. The van der Waals surface area contributed by atoms with Gasteiger partial charge in [-0.1, -0.05) is 24.3 Å². The van der Waals surface area contributed by atoms with E-state index in [4.69, 9.17) is 4.42 Å². The summed E-state index contributed by atoms with van der Waals surface area (Å²) in [4.78, 5) is 11.9. The summed E-state index contributed by atoms with van der Waals surface area (Å²) in [6.07, 6.45) is 0. The maximum absolute atomic E-state index is 11.9. The van der Waals surface area contributed by atoms with Crippen molar-refractivity contribution in [3.63, 3.8) is 0 Å². The molecule has 0 unspecified atom stereocenters. The molecule has 3 heteroatoms. The quantitative estimate of drug-likeness (QED) is 0.387. The van der Waals surface area contributed by atoms with Gasteiger partial charge in [0.2, 0.25) is 0 Å². The third-order valence-electron chi connectivity index (χ3n) is 3.58. The lowest BCUT2D eigenvalue weighted by Gasteiger charge is -2.08. The van der Waals surface area contributed by atoms with Gasteiger partial charge >= 0.3 is 0 Å². The molecule has 3 aromatic carbocycles. The smallest absolute Gasteiger partial charge is 0.186 e. The van der Waals surface area contributed by atoms with E-state index in [-0.39, 0.29) is 11.2 Å². The van der Waals surface area contributed by atoms with Crippen molar-refractivity contribution in [3.05, 3.63) is 64.8 Å². The molecule has 0 atom stereocenters. The predicted octanol–water partition coefficient (Wildman–Crippen LogP) is 3.81. The molecule has 0 radical (unpaired) electrons. The van der Waals surface area contributed by atoms with Crippen molar-refractivity contribution in [3.8, 4) is 5.75 Å². The maximum atomic E-state index is 11.9. The molecule has 0 spiro atoms. The summed E-state index contributed by atoms with van der Waals surface area (Å²) in [5.74, 6) is 0.151. The van der Waals surface area contributed by atoms with Crippen molar-refractivity contribution >= 4 is 32.7 Å². The van der Waals surface area contributed by atoms with Crippen LogP contribution in [0.15, 0.2) is 63.8 Å². The second kappa shape index (κ2) is 3.84. The van der Waals surface area contributed by atoms with Crippen LogP contribution in [0.5, 0.6) is 5.75 Å². The van der Waals surface area contributed by atoms with Crippen molar-refractivity contribution < 1.29 is 9.52 Å². The Kier molecular flexibility index (Phi) is 2.12. The average Bonchev–Trinajstić information content (AvgIpc) is 2.47. The molecule has 0 aliphatic carbocycles. The van der Waals surface area contributed by atoms with Crippen LogP contribution in [-0.4, -0.2) is 5.11 Å². The van der Waals surface area contributed by atoms with E-state index < -0.39 is 0 Å². The fourth-order valence-electron chi connectivity index (χ4n) is 2.64. The molecule has 4 rings (SSSR count). The van der Waals surface area contributed by atoms with Crippen molar-refractivity contribution in [2.45, 2.75) is 0 Å². The zero-order chi connectivity index (χ0) is 13.7. The summed E-state index contributed by atoms with van der Waals surface area (Å²) in [5.41, 5.74) is 1.13. The fourth-order valence-corrected chi connectivity index (χ4v) is 2.64. The van der Waals surface area contributed by atoms with E-state index in [2.05, 4.69) is 0 Å². The Balaban J connectivity index is 2.36. The third-order valence-corrected chi connectivity index (χ3v) is 3.58. The molecule has 4 aromatic rings. The van der Waals surface area contributed by atoms with Gasteiger partial charge in [-0.15, -0.1) is 0 Å². The Labute approximate surface area is 113 Å². The van der Waals surface area contributed by atoms with Crippen LogP contribution < -0.4 is 5.43 Å². The summed E-state index contributed by atoms with van der Waals surface area (Å²) in [6, 6.07) is 15.8. The van der Waals surface area contributed by atoms with E-state index in [9.17, 15) is 9.90 Å². The lowest BCUT2D eigenvalue weighted by atomic mass is 10.0. The first kappa shape index (κ1) is 11.1. The Morgan fingerprint density at radius 3 is 2.45 bits per heavy atom. The zero-order valence-corrected chi connectivity index (χ0v) is 10.5. The maximum Gasteiger partial charge on any atom is 0.186 e. The minimum Gasteiger partial charge on any atom is -0.506 e. The lowest BCUT2D eigenvalue weighted by Crippen LogP contribution is -1.97. The van der Waals surface area contributed by atoms with Crippen LogP contribution in [0.25, 0.3) is 32.7 Å². The van der Waals surface area contributed by atoms with Crippen molar-refractivity contribution in [2.24, 2.45) is 0 Å². The highest BCUT2D eigenvalue weighted by Gasteiger charge is 2.12. The highest BCUT2D eigenvalue weighted by molar-refractivity contribution is 6.12. The van der Waals surface area contributed by atoms with Gasteiger partial charge in [0.25, 0.3) is 0 Å². The molecule has 20 heavy (non-hydrogen) atoms. The number of rotatable bonds is 0. The van der Waals surface area contributed by atoms with Crippen molar-refractivity contribution in [1.82, 2.24) is 0 Å². The van der Waals surface area contributed by atoms with E-state index in [1.165, 1.54) is 6.07 Å². The molecule has 96 valence electrons. The molecule has 0 fully saturated rings. The van der Waals surface area contributed by atoms with Gasteiger partial charge in [0.05, 0.1) is 10.8 Å². The second-order valence-electron chi connectivity index (χ2n) is 4.74. The number of aromatic hydroxyl groups is 1. The Morgan fingerprint density at radius 1 is 0.750 bits per heavy atom. The van der Waals surface area contributed by atoms with Crippen LogP contribution in [0.4, 0.5) is 0 Å². The molecule has 3 nitrogen and oxygen atoms in total. The number of hydrogen-bond acceptors (Lipinski definition) is 3. The zero-order valence-electron chi connectivity index (χ0n) is 10.5. The van der Waals surface area contributed by atoms with Gasteiger partial charge < -0.3 is 9.52 Å². The Bertz CT molecular complexity index is 1030. The molecule has 0 saturated carbocycles. The summed E-state index contributed by atoms with van der Waals surface area (Å²) in [6.45, 7) is 0. The Hall–Kier alpha value is -2.81. The van der Waals surface area contributed by atoms with Crippen LogP contribution in [0.1, 0.15) is 0 Å². The van der Waals surface area contributed by atoms with E-state index in [0.29, 0.717) is 32.7 Å². The minimum atomic E-state index is -0.0584. The first-order valence-corrected chi connectivity index (χ1v) is 6.32. The van der Waals surface area contributed by atoms with Crippen LogP contribution >= 0.6 is 0 Å². The monoisotopic (exact) mass is 262 g/mol. The first-order chi connectivity index (χ1) is 9.75. The van der Waals surface area contributed by atoms with E-state index >= 15 is 0 Å². The molecule has 1 aromatic heterocycles. The topological polar surface area (TPSA) is 50.4 Å². The summed E-state index contributed by atoms with van der Waals surface area (Å²) in [7, 11) is 0. The summed E-state index contributed by atoms with van der Waals surface area (Å²) < 4.78 is 5.81. The molecule has 0 saturated heterocycles. The van der Waals surface area contributed by atoms with Gasteiger partial charge in [-0.05, 0) is 30.3 Å². The van der Waals surface area contributed by atoms with Gasteiger partial charge in [-0.2, -0.15) is 0 Å². The normalized spacial score (nSPS) is 11.4. The van der Waals surface area contributed by atoms with Crippen LogP contribution in [-0.2, 0) is 0 Å². The molecular formula is C17H10O3. The molecule has 1 heterocycles. The summed E-state index contributed by atoms with van der Waals surface area (Å²) >= 11 is 0. The first-order valence-electron chi connectivity index (χ1n) is 6.32. The van der Waals surface area contributed by atoms with Crippen molar-refractivity contribution in [2.75, 3.05) is 0 Å². The molecule has 0 aliphatic rings. The van der Waals surface area contributed by atoms with E-state index in [1.807, 2.05) is 24.3 Å². The highest BCUT2D eigenvalue weighted by atomic mass is 16.3. The number of fused-ring (bicyclic) bond motifs is 4. The SMILES string of the molecule is O=c1cccc2c1ccc1oc3ccccc3c(O)c12. The standard InChI is InChI=1S/C17H10O3/c18-13-6-3-5-11-10(13)8-9-15-16(11)17(19)12-4-1-2-7-14(12)20-15/h1-9,19H. The van der Waals surface area contributed by atoms with Gasteiger partial charge in [0, 0.05) is 10.8 Å². The van der Waals surface area contributed by atoms with Gasteiger partial charge in [0.15, 0.2) is 5.43 Å². The third kappa shape index (κ3) is 1.37. The average molecular weight is 262 g/mol. The number of para-hydroxylation sites is 1. The van der Waals surface area contributed by atoms with Crippen LogP contribution in [0, 0.1) is 0 Å². The molecular weight excluding hydrogens is 252 g/mol. The van der Waals surface area contributed by atoms with Gasteiger partial charge in [-0.3, -0.25) is 4.79 Å². The van der Waals surface area contributed by atoms with E-state index in [1.54, 1.807) is 24.3 Å². The largest absolute Gasteiger partial charge is 0.506 e. The predicted molar refractivity (Wildman–Crippen MR) is 79.2 cm³/mol. The number of hydrogen-bond donors (Lipinski definition) is 1. The van der Waals surface area contributed by atoms with Gasteiger partial charge in [0.1, 0.15) is 16.9 Å². The molecule has 0 aliphatic heterocycles. The van der Waals surface area contributed by atoms with Gasteiger partial charge in [-0.25, -0.2) is 0 Å². The van der Waals surface area contributed by atoms with Crippen LogP contribution in [0.3, 0.4) is 0 Å². The summed E-state index contributed by atoms with van der Waals surface area (Å²) in [5, 5.41) is 13.1. The lowest BCUT2D eigenvalue weighted by molar-refractivity contribution is 0.485. The molecule has 0 amide bonds. The fraction of sp³-hybridized carbons (Fsp3) is 0. The van der Waals surface area contributed by atoms with Crippen LogP contribution in [0.2, 0.25) is 0 Å². The van der Waals surface area contributed by atoms with Crippen molar-refractivity contribution in [1.29, 1.82) is 0 Å². The second-order valence-corrected chi connectivity index (χ2v) is 4.74. The van der Waals surface area contributed by atoms with E-state index in [0.717, 1.165) is 0 Å². The molecule has 1 N–H and O–H groups in total. The minimum absolute atomic E-state index is 0.0584. The number of benzene rings is 3. The Morgan fingerprint density at radius 2 is 1.55 bits per heavy atom.